The zero-order valence-corrected chi connectivity index (χ0v) is 21.6. The largest absolute Gasteiger partial charge is 0.493 e. The number of anilines is 2. The summed E-state index contributed by atoms with van der Waals surface area (Å²) in [5.74, 6) is 0.943. The topological polar surface area (TPSA) is 93.7 Å². The molecule has 0 bridgehead atoms. The molecule has 2 N–H and O–H groups in total. The van der Waals surface area contributed by atoms with Gasteiger partial charge >= 0.3 is 0 Å². The van der Waals surface area contributed by atoms with Gasteiger partial charge in [-0.2, -0.15) is 0 Å². The van der Waals surface area contributed by atoms with Crippen LogP contribution in [-0.4, -0.2) is 33.8 Å². The second-order valence-electron chi connectivity index (χ2n) is 7.02. The maximum Gasteiger partial charge on any atom is 0.261 e. The molecule has 1 unspecified atom stereocenters. The molecule has 34 heavy (non-hydrogen) atoms. The van der Waals surface area contributed by atoms with Crippen molar-refractivity contribution in [1.82, 2.24) is 0 Å². The molecule has 0 spiro atoms. The minimum Gasteiger partial charge on any atom is -0.493 e. The van der Waals surface area contributed by atoms with E-state index in [0.29, 0.717) is 22.2 Å². The van der Waals surface area contributed by atoms with Crippen molar-refractivity contribution in [3.8, 4) is 11.5 Å². The van der Waals surface area contributed by atoms with Crippen molar-refractivity contribution >= 4 is 62.3 Å². The van der Waals surface area contributed by atoms with E-state index in [1.807, 2.05) is 6.07 Å². The Hall–Kier alpha value is -2.59. The lowest BCUT2D eigenvalue weighted by molar-refractivity contribution is -0.115. The molecule has 11 heteroatoms. The van der Waals surface area contributed by atoms with Crippen LogP contribution in [-0.2, 0) is 14.8 Å². The van der Waals surface area contributed by atoms with Gasteiger partial charge in [-0.05, 0) is 67.6 Å². The number of rotatable bonds is 9. The Kier molecular flexibility index (Phi) is 8.59. The van der Waals surface area contributed by atoms with E-state index in [1.165, 1.54) is 54.2 Å². The van der Waals surface area contributed by atoms with Crippen LogP contribution >= 0.6 is 35.0 Å². The molecule has 0 radical (unpaired) electrons. The number of carbonyl (C=O) groups is 1. The van der Waals surface area contributed by atoms with Gasteiger partial charge in [0.25, 0.3) is 10.0 Å². The van der Waals surface area contributed by atoms with Gasteiger partial charge in [-0.1, -0.05) is 23.2 Å². The normalized spacial score (nSPS) is 12.0. The predicted octanol–water partition coefficient (Wildman–Crippen LogP) is 5.93. The number of ether oxygens (including phenoxy) is 2. The summed E-state index contributed by atoms with van der Waals surface area (Å²) in [5, 5.41) is 2.95. The second kappa shape index (κ2) is 11.2. The third kappa shape index (κ3) is 6.50. The van der Waals surface area contributed by atoms with Crippen LogP contribution in [0.15, 0.2) is 70.5 Å². The van der Waals surface area contributed by atoms with Crippen molar-refractivity contribution < 1.29 is 22.7 Å². The van der Waals surface area contributed by atoms with Crippen molar-refractivity contribution in [2.24, 2.45) is 0 Å². The van der Waals surface area contributed by atoms with Gasteiger partial charge in [0.15, 0.2) is 11.5 Å². The third-order valence-electron chi connectivity index (χ3n) is 4.64. The summed E-state index contributed by atoms with van der Waals surface area (Å²) in [6.07, 6.45) is 0. The van der Waals surface area contributed by atoms with E-state index in [1.54, 1.807) is 33.3 Å². The van der Waals surface area contributed by atoms with Gasteiger partial charge < -0.3 is 14.8 Å². The summed E-state index contributed by atoms with van der Waals surface area (Å²) in [6.45, 7) is 1.77. The van der Waals surface area contributed by atoms with Crippen molar-refractivity contribution in [3.05, 3.63) is 70.7 Å². The molecule has 0 saturated carbocycles. The zero-order valence-electron chi connectivity index (χ0n) is 18.5. The Balaban J connectivity index is 1.65. The molecule has 0 saturated heterocycles. The highest BCUT2D eigenvalue weighted by Gasteiger charge is 2.18. The van der Waals surface area contributed by atoms with E-state index in [4.69, 9.17) is 32.7 Å². The summed E-state index contributed by atoms with van der Waals surface area (Å²) in [4.78, 5) is 13.5. The molecule has 3 aromatic rings. The Labute approximate surface area is 212 Å². The molecule has 0 heterocycles. The number of hydrogen-bond acceptors (Lipinski definition) is 6. The molecule has 180 valence electrons. The van der Waals surface area contributed by atoms with Gasteiger partial charge in [-0.3, -0.25) is 9.52 Å². The van der Waals surface area contributed by atoms with E-state index in [2.05, 4.69) is 10.0 Å². The Morgan fingerprint density at radius 1 is 0.941 bits per heavy atom. The monoisotopic (exact) mass is 540 g/mol. The molecule has 0 aliphatic carbocycles. The van der Waals surface area contributed by atoms with Crippen LogP contribution in [0, 0.1) is 0 Å². The Bertz CT molecular complexity index is 1290. The van der Waals surface area contributed by atoms with E-state index >= 15 is 0 Å². The number of halogens is 2. The molecule has 0 aliphatic rings. The van der Waals surface area contributed by atoms with E-state index in [9.17, 15) is 13.2 Å². The van der Waals surface area contributed by atoms with Crippen LogP contribution in [0.4, 0.5) is 11.4 Å². The molecule has 3 rings (SSSR count). The first-order valence-electron chi connectivity index (χ1n) is 9.90. The molecule has 3 aromatic carbocycles. The van der Waals surface area contributed by atoms with Crippen LogP contribution in [0.3, 0.4) is 0 Å². The van der Waals surface area contributed by atoms with Gasteiger partial charge in [0.1, 0.15) is 0 Å². The van der Waals surface area contributed by atoms with Crippen LogP contribution in [0.1, 0.15) is 6.92 Å². The number of sulfonamides is 1. The molecule has 1 atom stereocenters. The molecular weight excluding hydrogens is 519 g/mol. The van der Waals surface area contributed by atoms with Crippen LogP contribution in [0.2, 0.25) is 10.0 Å². The van der Waals surface area contributed by atoms with Crippen LogP contribution in [0.5, 0.6) is 11.5 Å². The average Bonchev–Trinajstić information content (AvgIpc) is 2.81. The highest BCUT2D eigenvalue weighted by Crippen LogP contribution is 2.34. The minimum absolute atomic E-state index is 0.0178. The number of thioether (sulfide) groups is 1. The maximum absolute atomic E-state index is 12.7. The third-order valence-corrected chi connectivity index (χ3v) is 7.67. The second-order valence-corrected chi connectivity index (χ2v) is 11.0. The molecule has 1 amide bonds. The summed E-state index contributed by atoms with van der Waals surface area (Å²) < 4.78 is 38.3. The first-order chi connectivity index (χ1) is 16.1. The lowest BCUT2D eigenvalue weighted by atomic mass is 10.3. The number of methoxy groups -OCH3 is 2. The SMILES string of the molecule is COc1ccc(SC(C)C(=O)Nc2ccc(S(=O)(=O)Nc3ccc(Cl)cc3Cl)cc2)cc1OC. The predicted molar refractivity (Wildman–Crippen MR) is 137 cm³/mol. The summed E-state index contributed by atoms with van der Waals surface area (Å²) in [5.41, 5.74) is 0.678. The molecule has 7 nitrogen and oxygen atoms in total. The fraction of sp³-hybridized carbons (Fsp3) is 0.174. The van der Waals surface area contributed by atoms with Gasteiger partial charge in [-0.25, -0.2) is 8.42 Å². The molecule has 0 aromatic heterocycles. The number of amides is 1. The number of carbonyl (C=O) groups excluding carboxylic acids is 1. The van der Waals surface area contributed by atoms with Gasteiger partial charge in [-0.15, -0.1) is 11.8 Å². The van der Waals surface area contributed by atoms with Gasteiger partial charge in [0.2, 0.25) is 5.91 Å². The zero-order chi connectivity index (χ0) is 24.9. The fourth-order valence-corrected chi connectivity index (χ4v) is 5.37. The average molecular weight is 541 g/mol. The highest BCUT2D eigenvalue weighted by atomic mass is 35.5. The highest BCUT2D eigenvalue weighted by molar-refractivity contribution is 8.00. The smallest absolute Gasteiger partial charge is 0.261 e. The molecule has 0 fully saturated rings. The Morgan fingerprint density at radius 2 is 1.62 bits per heavy atom. The van der Waals surface area contributed by atoms with Crippen molar-refractivity contribution in [1.29, 1.82) is 0 Å². The molecular formula is C23H22Cl2N2O5S2. The van der Waals surface area contributed by atoms with Crippen molar-refractivity contribution in [2.75, 3.05) is 24.3 Å². The van der Waals surface area contributed by atoms with Crippen molar-refractivity contribution in [3.63, 3.8) is 0 Å². The van der Waals surface area contributed by atoms with Crippen LogP contribution in [0.25, 0.3) is 0 Å². The standard InChI is InChI=1S/C23H22Cl2N2O5S2/c1-14(33-17-7-11-21(31-2)22(13-17)32-3)23(28)26-16-5-8-18(9-6-16)34(29,30)27-20-10-4-15(24)12-19(20)25/h4-14,27H,1-3H3,(H,26,28). The number of nitrogens with one attached hydrogen (secondary N) is 2. The summed E-state index contributed by atoms with van der Waals surface area (Å²) >= 11 is 13.3. The van der Waals surface area contributed by atoms with E-state index in [-0.39, 0.29) is 21.5 Å². The minimum atomic E-state index is -3.88. The van der Waals surface area contributed by atoms with E-state index in [0.717, 1.165) is 4.90 Å². The maximum atomic E-state index is 12.7. The lowest BCUT2D eigenvalue weighted by Gasteiger charge is -2.14. The van der Waals surface area contributed by atoms with Gasteiger partial charge in [0.05, 0.1) is 35.1 Å². The number of benzene rings is 3. The summed E-state index contributed by atoms with van der Waals surface area (Å²) in [6, 6.07) is 15.7. The first kappa shape index (κ1) is 26.0. The van der Waals surface area contributed by atoms with Crippen molar-refractivity contribution in [2.45, 2.75) is 22.0 Å². The fourth-order valence-electron chi connectivity index (χ4n) is 2.88. The number of hydrogen-bond donors (Lipinski definition) is 2. The molecule has 0 aliphatic heterocycles. The quantitative estimate of drug-likeness (QED) is 0.326. The van der Waals surface area contributed by atoms with Crippen LogP contribution < -0.4 is 19.5 Å². The van der Waals surface area contributed by atoms with Gasteiger partial charge in [0, 0.05) is 15.6 Å². The Morgan fingerprint density at radius 3 is 2.24 bits per heavy atom. The first-order valence-corrected chi connectivity index (χ1v) is 13.0. The lowest BCUT2D eigenvalue weighted by Crippen LogP contribution is -2.22. The van der Waals surface area contributed by atoms with E-state index < -0.39 is 15.3 Å². The summed E-state index contributed by atoms with van der Waals surface area (Å²) in [7, 11) is -0.777.